The van der Waals surface area contributed by atoms with E-state index >= 15 is 0 Å². The van der Waals surface area contributed by atoms with Crippen molar-refractivity contribution in [3.8, 4) is 0 Å². The minimum Gasteiger partial charge on any atom is -0.297 e. The summed E-state index contributed by atoms with van der Waals surface area (Å²) in [6.45, 7) is 6.78. The van der Waals surface area contributed by atoms with Gasteiger partial charge in [0, 0.05) is 26.2 Å². The largest absolute Gasteiger partial charge is 0.297 e. The summed E-state index contributed by atoms with van der Waals surface area (Å²) in [6, 6.07) is 7.00. The molecule has 0 saturated heterocycles. The summed E-state index contributed by atoms with van der Waals surface area (Å²) < 4.78 is 3.32. The number of aryl methyl sites for hydroxylation is 1. The molecule has 3 heteroatoms. The summed E-state index contributed by atoms with van der Waals surface area (Å²) >= 11 is 1.71. The van der Waals surface area contributed by atoms with Gasteiger partial charge in [0.15, 0.2) is 0 Å². The van der Waals surface area contributed by atoms with E-state index in [1.54, 1.807) is 23.1 Å². The van der Waals surface area contributed by atoms with Crippen molar-refractivity contribution in [1.29, 1.82) is 0 Å². The van der Waals surface area contributed by atoms with Gasteiger partial charge in [-0.2, -0.15) is 0 Å². The first kappa shape index (κ1) is 12.9. The maximum Gasteiger partial charge on any atom is 0.0237 e. The van der Waals surface area contributed by atoms with Gasteiger partial charge in [-0.05, 0) is 35.8 Å². The molecule has 0 aliphatic carbocycles. The van der Waals surface area contributed by atoms with Crippen LogP contribution in [-0.2, 0) is 19.4 Å². The summed E-state index contributed by atoms with van der Waals surface area (Å²) in [6.07, 6.45) is 4.43. The van der Waals surface area contributed by atoms with E-state index in [0.717, 1.165) is 26.1 Å². The lowest BCUT2D eigenvalue weighted by Gasteiger charge is -2.29. The maximum atomic E-state index is 3.32. The third kappa shape index (κ3) is 3.47. The summed E-state index contributed by atoms with van der Waals surface area (Å²) in [7, 11) is 0. The Morgan fingerprint density at radius 2 is 2.24 bits per heavy atom. The fourth-order valence-corrected chi connectivity index (χ4v) is 2.68. The smallest absolute Gasteiger partial charge is 0.0237 e. The summed E-state index contributed by atoms with van der Waals surface area (Å²) in [4.78, 5) is 2.55. The van der Waals surface area contributed by atoms with E-state index in [-0.39, 0.29) is 0 Å². The molecule has 1 aromatic carbocycles. The van der Waals surface area contributed by atoms with Crippen LogP contribution in [0.15, 0.2) is 18.2 Å². The number of hydrogen-bond acceptors (Lipinski definition) is 3. The van der Waals surface area contributed by atoms with E-state index < -0.39 is 0 Å². The molecule has 0 spiro atoms. The molecule has 1 aromatic rings. The van der Waals surface area contributed by atoms with E-state index in [0.29, 0.717) is 0 Å². The van der Waals surface area contributed by atoms with Crippen LogP contribution in [0.2, 0.25) is 0 Å². The molecular weight excluding hydrogens is 228 g/mol. The molecule has 0 radical (unpaired) electrons. The number of nitrogens with zero attached hydrogens (tertiary/aromatic N) is 1. The van der Waals surface area contributed by atoms with Crippen LogP contribution in [0.1, 0.15) is 23.6 Å². The standard InChI is InChI=1S/C14H22N2S/c1-3-12-4-5-13-6-8-16(9-7-15-17-2)11-14(13)10-12/h4-5,10,15H,3,6-9,11H2,1-2H3. The van der Waals surface area contributed by atoms with Crippen molar-refractivity contribution in [3.05, 3.63) is 34.9 Å². The average Bonchev–Trinajstić information content (AvgIpc) is 2.38. The lowest BCUT2D eigenvalue weighted by Crippen LogP contribution is -2.34. The summed E-state index contributed by atoms with van der Waals surface area (Å²) in [5.41, 5.74) is 4.56. The van der Waals surface area contributed by atoms with E-state index in [2.05, 4.69) is 41.0 Å². The van der Waals surface area contributed by atoms with Gasteiger partial charge in [-0.15, -0.1) is 0 Å². The second kappa shape index (κ2) is 6.43. The zero-order valence-electron chi connectivity index (χ0n) is 10.8. The van der Waals surface area contributed by atoms with Crippen molar-refractivity contribution in [1.82, 2.24) is 9.62 Å². The summed E-state index contributed by atoms with van der Waals surface area (Å²) in [5.74, 6) is 0. The second-order valence-corrected chi connectivity index (χ2v) is 5.28. The van der Waals surface area contributed by atoms with Crippen LogP contribution >= 0.6 is 11.9 Å². The topological polar surface area (TPSA) is 15.3 Å². The zero-order chi connectivity index (χ0) is 12.1. The molecule has 2 nitrogen and oxygen atoms in total. The zero-order valence-corrected chi connectivity index (χ0v) is 11.6. The van der Waals surface area contributed by atoms with Gasteiger partial charge in [0.1, 0.15) is 0 Å². The molecule has 1 aliphatic rings. The van der Waals surface area contributed by atoms with Crippen LogP contribution < -0.4 is 4.72 Å². The Hall–Kier alpha value is -0.510. The fourth-order valence-electron chi connectivity index (χ4n) is 2.39. The predicted molar refractivity (Wildman–Crippen MR) is 76.3 cm³/mol. The molecule has 1 N–H and O–H groups in total. The average molecular weight is 250 g/mol. The minimum absolute atomic E-state index is 1.07. The van der Waals surface area contributed by atoms with Crippen LogP contribution in [0.4, 0.5) is 0 Å². The van der Waals surface area contributed by atoms with Gasteiger partial charge in [-0.25, -0.2) is 0 Å². The molecule has 0 bridgehead atoms. The van der Waals surface area contributed by atoms with E-state index in [1.807, 2.05) is 0 Å². The molecular formula is C14H22N2S. The normalized spacial score (nSPS) is 15.9. The van der Waals surface area contributed by atoms with Crippen LogP contribution in [0.5, 0.6) is 0 Å². The van der Waals surface area contributed by atoms with Crippen molar-refractivity contribution in [2.75, 3.05) is 25.9 Å². The number of fused-ring (bicyclic) bond motifs is 1. The van der Waals surface area contributed by atoms with Gasteiger partial charge in [-0.3, -0.25) is 9.62 Å². The Kier molecular flexibility index (Phi) is 4.89. The lowest BCUT2D eigenvalue weighted by molar-refractivity contribution is 0.259. The molecule has 94 valence electrons. The van der Waals surface area contributed by atoms with Crippen LogP contribution in [0, 0.1) is 0 Å². The molecule has 2 rings (SSSR count). The van der Waals surface area contributed by atoms with Gasteiger partial charge >= 0.3 is 0 Å². The Bertz CT molecular complexity index is 365. The molecule has 0 atom stereocenters. The number of benzene rings is 1. The third-order valence-corrected chi connectivity index (χ3v) is 3.94. The van der Waals surface area contributed by atoms with Crippen LogP contribution in [0.25, 0.3) is 0 Å². The monoisotopic (exact) mass is 250 g/mol. The fraction of sp³-hybridized carbons (Fsp3) is 0.571. The van der Waals surface area contributed by atoms with Crippen molar-refractivity contribution in [2.24, 2.45) is 0 Å². The van der Waals surface area contributed by atoms with Crippen molar-refractivity contribution in [3.63, 3.8) is 0 Å². The number of rotatable bonds is 5. The van der Waals surface area contributed by atoms with E-state index in [1.165, 1.54) is 18.5 Å². The van der Waals surface area contributed by atoms with Crippen molar-refractivity contribution in [2.45, 2.75) is 26.3 Å². The lowest BCUT2D eigenvalue weighted by atomic mass is 9.96. The molecule has 1 heterocycles. The van der Waals surface area contributed by atoms with Gasteiger partial charge in [0.25, 0.3) is 0 Å². The van der Waals surface area contributed by atoms with Gasteiger partial charge < -0.3 is 0 Å². The Morgan fingerprint density at radius 3 is 3.00 bits per heavy atom. The maximum absolute atomic E-state index is 3.32. The van der Waals surface area contributed by atoms with Gasteiger partial charge in [0.05, 0.1) is 0 Å². The SMILES string of the molecule is CCc1ccc2c(c1)CN(CCNSC)CC2. The molecule has 0 unspecified atom stereocenters. The minimum atomic E-state index is 1.07. The first-order valence-corrected chi connectivity index (χ1v) is 7.65. The molecule has 0 aromatic heterocycles. The number of nitrogens with one attached hydrogen (secondary N) is 1. The van der Waals surface area contributed by atoms with Crippen LogP contribution in [0.3, 0.4) is 0 Å². The molecule has 17 heavy (non-hydrogen) atoms. The third-order valence-electron chi connectivity index (χ3n) is 3.44. The highest BCUT2D eigenvalue weighted by Gasteiger charge is 2.15. The highest BCUT2D eigenvalue weighted by atomic mass is 32.2. The highest BCUT2D eigenvalue weighted by Crippen LogP contribution is 2.20. The first-order valence-electron chi connectivity index (χ1n) is 6.42. The highest BCUT2D eigenvalue weighted by molar-refractivity contribution is 7.96. The first-order chi connectivity index (χ1) is 8.33. The molecule has 1 aliphatic heterocycles. The Morgan fingerprint density at radius 1 is 1.35 bits per heavy atom. The van der Waals surface area contributed by atoms with Crippen molar-refractivity contribution >= 4 is 11.9 Å². The summed E-state index contributed by atoms with van der Waals surface area (Å²) in [5, 5.41) is 0. The number of hydrogen-bond donors (Lipinski definition) is 1. The van der Waals surface area contributed by atoms with E-state index in [4.69, 9.17) is 0 Å². The Balaban J connectivity index is 1.96. The molecule has 0 amide bonds. The van der Waals surface area contributed by atoms with Crippen molar-refractivity contribution < 1.29 is 0 Å². The predicted octanol–water partition coefficient (Wildman–Crippen LogP) is 2.47. The van der Waals surface area contributed by atoms with Gasteiger partial charge in [0.2, 0.25) is 0 Å². The molecule has 0 saturated carbocycles. The molecule has 0 fully saturated rings. The van der Waals surface area contributed by atoms with Crippen LogP contribution in [-0.4, -0.2) is 30.8 Å². The Labute approximate surface area is 109 Å². The quantitative estimate of drug-likeness (QED) is 0.638. The van der Waals surface area contributed by atoms with Gasteiger partial charge in [-0.1, -0.05) is 37.1 Å². The van der Waals surface area contributed by atoms with E-state index in [9.17, 15) is 0 Å². The second-order valence-electron chi connectivity index (χ2n) is 4.58.